The Kier molecular flexibility index (Phi) is 4.22. The van der Waals surface area contributed by atoms with Crippen LogP contribution in [0, 0.1) is 0 Å². The molecule has 1 N–H and O–H groups in total. The number of hydrogen-bond donors (Lipinski definition) is 1. The van der Waals surface area contributed by atoms with Gasteiger partial charge in [0.1, 0.15) is 10.8 Å². The van der Waals surface area contributed by atoms with Crippen LogP contribution in [0.1, 0.15) is 16.1 Å². The van der Waals surface area contributed by atoms with Crippen LogP contribution in [0.25, 0.3) is 0 Å². The second-order valence-electron chi connectivity index (χ2n) is 3.43. The molecule has 5 nitrogen and oxygen atoms in total. The summed E-state index contributed by atoms with van der Waals surface area (Å²) in [6, 6.07) is 9.48. The zero-order valence-corrected chi connectivity index (χ0v) is 10.1. The Labute approximate surface area is 109 Å². The van der Waals surface area contributed by atoms with Crippen molar-refractivity contribution >= 4 is 17.5 Å². The maximum Gasteiger partial charge on any atom is 0.295 e. The van der Waals surface area contributed by atoms with Crippen LogP contribution in [0.2, 0.25) is 5.15 Å². The standard InChI is InChI=1S/C12H10ClN3O2/c13-11-7-14-6-10(15-11)12(17)16-18-8-9-4-2-1-3-5-9/h1-7H,8H2,(H,16,17). The van der Waals surface area contributed by atoms with Gasteiger partial charge in [0.2, 0.25) is 0 Å². The van der Waals surface area contributed by atoms with Gasteiger partial charge < -0.3 is 0 Å². The summed E-state index contributed by atoms with van der Waals surface area (Å²) in [4.78, 5) is 24.2. The Bertz CT molecular complexity index is 534. The molecule has 0 atom stereocenters. The minimum absolute atomic E-state index is 0.107. The van der Waals surface area contributed by atoms with Gasteiger partial charge in [-0.1, -0.05) is 41.9 Å². The molecule has 2 rings (SSSR count). The minimum Gasteiger partial charge on any atom is -0.269 e. The molecular weight excluding hydrogens is 254 g/mol. The molecule has 1 amide bonds. The molecule has 0 saturated carbocycles. The highest BCUT2D eigenvalue weighted by atomic mass is 35.5. The van der Waals surface area contributed by atoms with Crippen molar-refractivity contribution in [1.82, 2.24) is 15.4 Å². The van der Waals surface area contributed by atoms with Crippen molar-refractivity contribution < 1.29 is 9.63 Å². The van der Waals surface area contributed by atoms with Gasteiger partial charge in [0.15, 0.2) is 0 Å². The van der Waals surface area contributed by atoms with E-state index in [2.05, 4.69) is 15.4 Å². The van der Waals surface area contributed by atoms with Crippen LogP contribution in [0.4, 0.5) is 0 Å². The summed E-state index contributed by atoms with van der Waals surface area (Å²) in [5, 5.41) is 0.158. The number of nitrogens with zero attached hydrogens (tertiary/aromatic N) is 2. The van der Waals surface area contributed by atoms with Gasteiger partial charge in [-0.3, -0.25) is 14.6 Å². The predicted molar refractivity (Wildman–Crippen MR) is 65.7 cm³/mol. The lowest BCUT2D eigenvalue weighted by atomic mass is 10.2. The van der Waals surface area contributed by atoms with Gasteiger partial charge in [-0.25, -0.2) is 10.5 Å². The Morgan fingerprint density at radius 1 is 1.28 bits per heavy atom. The fourth-order valence-corrected chi connectivity index (χ4v) is 1.41. The summed E-state index contributed by atoms with van der Waals surface area (Å²) in [6.45, 7) is 0.278. The number of halogens is 1. The molecule has 1 heterocycles. The van der Waals surface area contributed by atoms with Gasteiger partial charge in [0, 0.05) is 0 Å². The van der Waals surface area contributed by atoms with E-state index in [9.17, 15) is 4.79 Å². The van der Waals surface area contributed by atoms with Crippen LogP contribution in [0.15, 0.2) is 42.7 Å². The van der Waals surface area contributed by atoms with Crippen molar-refractivity contribution in [3.05, 3.63) is 59.1 Å². The number of aromatic nitrogens is 2. The monoisotopic (exact) mass is 263 g/mol. The van der Waals surface area contributed by atoms with E-state index in [4.69, 9.17) is 16.4 Å². The second-order valence-corrected chi connectivity index (χ2v) is 3.82. The van der Waals surface area contributed by atoms with Gasteiger partial charge in [-0.15, -0.1) is 0 Å². The number of rotatable bonds is 4. The number of benzene rings is 1. The number of carbonyl (C=O) groups is 1. The molecule has 18 heavy (non-hydrogen) atoms. The third-order valence-electron chi connectivity index (χ3n) is 2.08. The molecule has 92 valence electrons. The van der Waals surface area contributed by atoms with E-state index in [1.165, 1.54) is 12.4 Å². The van der Waals surface area contributed by atoms with Gasteiger partial charge >= 0.3 is 0 Å². The highest BCUT2D eigenvalue weighted by Crippen LogP contribution is 2.03. The van der Waals surface area contributed by atoms with E-state index in [0.717, 1.165) is 5.56 Å². The maximum absolute atomic E-state index is 11.6. The molecule has 0 saturated heterocycles. The largest absolute Gasteiger partial charge is 0.295 e. The first-order valence-electron chi connectivity index (χ1n) is 5.19. The Morgan fingerprint density at radius 3 is 2.78 bits per heavy atom. The first kappa shape index (κ1) is 12.5. The molecule has 0 fully saturated rings. The van der Waals surface area contributed by atoms with Crippen molar-refractivity contribution in [2.24, 2.45) is 0 Å². The molecule has 0 bridgehead atoms. The number of hydroxylamine groups is 1. The lowest BCUT2D eigenvalue weighted by Gasteiger charge is -2.05. The second kappa shape index (κ2) is 6.09. The molecule has 2 aromatic rings. The summed E-state index contributed by atoms with van der Waals surface area (Å²) in [7, 11) is 0. The summed E-state index contributed by atoms with van der Waals surface area (Å²) in [6.07, 6.45) is 2.66. The van der Waals surface area contributed by atoms with Crippen LogP contribution < -0.4 is 5.48 Å². The van der Waals surface area contributed by atoms with Gasteiger partial charge in [0.25, 0.3) is 5.91 Å². The molecule has 0 spiro atoms. The molecule has 6 heteroatoms. The normalized spacial score (nSPS) is 10.1. The van der Waals surface area contributed by atoms with Crippen LogP contribution in [0.5, 0.6) is 0 Å². The number of carbonyl (C=O) groups excluding carboxylic acids is 1. The van der Waals surface area contributed by atoms with E-state index in [0.29, 0.717) is 0 Å². The third-order valence-corrected chi connectivity index (χ3v) is 2.27. The zero-order chi connectivity index (χ0) is 12.8. The molecular formula is C12H10ClN3O2. The average molecular weight is 264 g/mol. The number of nitrogens with one attached hydrogen (secondary N) is 1. The molecule has 0 aliphatic heterocycles. The Balaban J connectivity index is 1.86. The quantitative estimate of drug-likeness (QED) is 0.857. The Hall–Kier alpha value is -1.98. The van der Waals surface area contributed by atoms with Crippen molar-refractivity contribution in [2.75, 3.05) is 0 Å². The molecule has 0 aliphatic carbocycles. The first-order chi connectivity index (χ1) is 8.75. The lowest BCUT2D eigenvalue weighted by molar-refractivity contribution is 0.0229. The number of amides is 1. The summed E-state index contributed by atoms with van der Waals surface area (Å²) < 4.78 is 0. The van der Waals surface area contributed by atoms with Gasteiger partial charge in [-0.2, -0.15) is 0 Å². The van der Waals surface area contributed by atoms with E-state index in [1.54, 1.807) is 0 Å². The van der Waals surface area contributed by atoms with Crippen molar-refractivity contribution in [3.8, 4) is 0 Å². The fourth-order valence-electron chi connectivity index (χ4n) is 1.26. The molecule has 1 aromatic heterocycles. The SMILES string of the molecule is O=C(NOCc1ccccc1)c1cncc(Cl)n1. The minimum atomic E-state index is -0.485. The smallest absolute Gasteiger partial charge is 0.269 e. The molecule has 0 aliphatic rings. The van der Waals surface area contributed by atoms with Crippen molar-refractivity contribution in [1.29, 1.82) is 0 Å². The molecule has 0 radical (unpaired) electrons. The highest BCUT2D eigenvalue weighted by molar-refractivity contribution is 6.29. The zero-order valence-electron chi connectivity index (χ0n) is 9.34. The fraction of sp³-hybridized carbons (Fsp3) is 0.0833. The maximum atomic E-state index is 11.6. The summed E-state index contributed by atoms with van der Waals surface area (Å²) in [5.41, 5.74) is 3.34. The molecule has 0 unspecified atom stereocenters. The van der Waals surface area contributed by atoms with E-state index >= 15 is 0 Å². The first-order valence-corrected chi connectivity index (χ1v) is 5.57. The van der Waals surface area contributed by atoms with Crippen molar-refractivity contribution in [3.63, 3.8) is 0 Å². The number of hydrogen-bond acceptors (Lipinski definition) is 4. The van der Waals surface area contributed by atoms with Crippen LogP contribution in [0.3, 0.4) is 0 Å². The predicted octanol–water partition coefficient (Wildman–Crippen LogP) is 1.99. The van der Waals surface area contributed by atoms with E-state index < -0.39 is 5.91 Å². The highest BCUT2D eigenvalue weighted by Gasteiger charge is 2.08. The van der Waals surface area contributed by atoms with Crippen LogP contribution in [-0.4, -0.2) is 15.9 Å². The van der Waals surface area contributed by atoms with Crippen LogP contribution in [-0.2, 0) is 11.4 Å². The topological polar surface area (TPSA) is 64.1 Å². The Morgan fingerprint density at radius 2 is 2.06 bits per heavy atom. The van der Waals surface area contributed by atoms with Crippen molar-refractivity contribution in [2.45, 2.75) is 6.61 Å². The lowest BCUT2D eigenvalue weighted by Crippen LogP contribution is -2.24. The van der Waals surface area contributed by atoms with Gasteiger partial charge in [0.05, 0.1) is 19.0 Å². The summed E-state index contributed by atoms with van der Waals surface area (Å²) >= 11 is 5.62. The summed E-state index contributed by atoms with van der Waals surface area (Å²) in [5.74, 6) is -0.485. The third kappa shape index (κ3) is 3.51. The van der Waals surface area contributed by atoms with Crippen LogP contribution >= 0.6 is 11.6 Å². The average Bonchev–Trinajstić information content (AvgIpc) is 2.40. The van der Waals surface area contributed by atoms with E-state index in [1.807, 2.05) is 30.3 Å². The van der Waals surface area contributed by atoms with E-state index in [-0.39, 0.29) is 17.5 Å². The molecule has 1 aromatic carbocycles. The van der Waals surface area contributed by atoms with Gasteiger partial charge in [-0.05, 0) is 5.56 Å².